The van der Waals surface area contributed by atoms with Crippen molar-refractivity contribution in [3.63, 3.8) is 0 Å². The highest BCUT2D eigenvalue weighted by molar-refractivity contribution is 7.96. The zero-order chi connectivity index (χ0) is 4.12. The maximum absolute atomic E-state index is 4.65. The van der Waals surface area contributed by atoms with Crippen molar-refractivity contribution < 1.29 is 0 Å². The van der Waals surface area contributed by atoms with Crippen molar-refractivity contribution in [3.8, 4) is 0 Å². The van der Waals surface area contributed by atoms with Gasteiger partial charge < -0.3 is 5.84 Å². The fourth-order valence-corrected chi connectivity index (χ4v) is 0.173. The Bertz CT molecular complexity index is 56.0. The molecular weight excluding hydrogens is 84.1 g/mol. The number of rotatable bonds is 0. The highest BCUT2D eigenvalue weighted by atomic mass is 32.1. The van der Waals surface area contributed by atoms with Gasteiger partial charge in [-0.1, -0.05) is 0 Å². The van der Waals surface area contributed by atoms with Crippen LogP contribution >= 0.6 is 11.4 Å². The van der Waals surface area contributed by atoms with E-state index in [4.69, 9.17) is 0 Å². The van der Waals surface area contributed by atoms with Gasteiger partial charge in [-0.3, -0.25) is 0 Å². The van der Waals surface area contributed by atoms with Crippen LogP contribution in [0.3, 0.4) is 0 Å². The molecule has 0 unspecified atom stereocenters. The number of hydrazone groups is 1. The number of thiol groups is 1. The van der Waals surface area contributed by atoms with Crippen LogP contribution in [-0.2, 0) is 0 Å². The Hall–Kier alpha value is -0.270. The largest absolute Gasteiger partial charge is 0.315 e. The Morgan fingerprint density at radius 3 is 2.60 bits per heavy atom. The maximum atomic E-state index is 4.65. The Morgan fingerprint density at radius 2 is 2.60 bits per heavy atom. The molecule has 0 saturated heterocycles. The van der Waals surface area contributed by atoms with E-state index < -0.39 is 0 Å². The third-order valence-corrected chi connectivity index (χ3v) is 0.473. The van der Waals surface area contributed by atoms with E-state index in [2.05, 4.69) is 16.1 Å². The number of nitrogens with two attached hydrogens (primary N) is 1. The molecule has 2 N–H and O–H groups in total. The van der Waals surface area contributed by atoms with E-state index in [1.165, 1.54) is 0 Å². The molecule has 0 atom stereocenters. The van der Waals surface area contributed by atoms with E-state index >= 15 is 0 Å². The molecule has 0 heterocycles. The van der Waals surface area contributed by atoms with E-state index in [1.807, 2.05) is 6.26 Å². The summed E-state index contributed by atoms with van der Waals surface area (Å²) in [5.74, 6) is 4.65. The van der Waals surface area contributed by atoms with Crippen LogP contribution in [-0.4, -0.2) is 11.4 Å². The van der Waals surface area contributed by atoms with Gasteiger partial charge >= 0.3 is 0 Å². The van der Waals surface area contributed by atoms with E-state index in [-0.39, 0.29) is 0 Å². The Balaban J connectivity index is 3.26. The van der Waals surface area contributed by atoms with Crippen LogP contribution in [0.5, 0.6) is 0 Å². The predicted molar refractivity (Wildman–Crippen MR) is 26.5 cm³/mol. The second-order valence-corrected chi connectivity index (χ2v) is 1.10. The highest BCUT2D eigenvalue weighted by Crippen LogP contribution is 1.58. The Labute approximate surface area is 34.6 Å². The van der Waals surface area contributed by atoms with Crippen molar-refractivity contribution in [1.29, 1.82) is 0 Å². The average molecular weight is 90.2 g/mol. The molecule has 0 aromatic heterocycles. The third kappa shape index (κ3) is 3.73. The topological polar surface area (TPSA) is 38.4 Å². The van der Waals surface area contributed by atoms with E-state index in [0.29, 0.717) is 0 Å². The minimum Gasteiger partial charge on any atom is -0.315 e. The third-order valence-electron chi connectivity index (χ3n) is 0.158. The lowest BCUT2D eigenvalue weighted by molar-refractivity contribution is 1.28. The molecule has 0 fully saturated rings. The van der Waals surface area contributed by atoms with Crippen molar-refractivity contribution in [2.24, 2.45) is 10.9 Å². The van der Waals surface area contributed by atoms with Crippen molar-refractivity contribution in [2.45, 2.75) is 0 Å². The molecule has 0 saturated carbocycles. The number of hydrogen-bond donors (Lipinski definition) is 2. The second-order valence-electron chi connectivity index (χ2n) is 0.453. The van der Waals surface area contributed by atoms with Crippen LogP contribution in [0.2, 0.25) is 0 Å². The lowest BCUT2D eigenvalue weighted by atomic mass is 11.7. The minimum atomic E-state index is 0.988. The summed E-state index contributed by atoms with van der Waals surface area (Å²) in [6.45, 7) is 0. The summed E-state index contributed by atoms with van der Waals surface area (Å²) in [5, 5.41) is 5.58. The smallest absolute Gasteiger partial charge is 0.0347 e. The fourth-order valence-electron chi connectivity index (χ4n) is 0.0577. The number of isothiocyanates is 1. The molecule has 0 aliphatic rings. The van der Waals surface area contributed by atoms with Crippen LogP contribution in [0.4, 0.5) is 0 Å². The average Bonchev–Trinajstić information content (AvgIpc) is 1.41. The molecule has 3 heteroatoms. The fraction of sp³-hybridized carbons (Fsp3) is 0.500. The van der Waals surface area contributed by atoms with E-state index in [1.54, 1.807) is 0 Å². The van der Waals surface area contributed by atoms with Gasteiger partial charge in [-0.2, -0.15) is 0 Å². The number of nitrogens with zero attached hydrogens (tertiary/aromatic N) is 1. The summed E-state index contributed by atoms with van der Waals surface area (Å²) in [4.78, 5) is 0. The summed E-state index contributed by atoms with van der Waals surface area (Å²) in [7, 11) is 0. The van der Waals surface area contributed by atoms with Crippen molar-refractivity contribution in [3.05, 3.63) is 0 Å². The lowest BCUT2D eigenvalue weighted by Gasteiger charge is -1.53. The number of hydrogen-bond acceptors (Lipinski definition) is 2. The highest BCUT2D eigenvalue weighted by Gasteiger charge is 1.33. The Morgan fingerprint density at radius 1 is 2.00 bits per heavy atom. The molecule has 0 radical (unpaired) electrons. The summed E-state index contributed by atoms with van der Waals surface area (Å²) < 4.78 is 0. The molecule has 0 aromatic carbocycles. The monoisotopic (exact) mass is 90.0 g/mol. The van der Waals surface area contributed by atoms with Gasteiger partial charge in [0.2, 0.25) is 0 Å². The summed E-state index contributed by atoms with van der Waals surface area (Å²) in [6.07, 6.45) is 1.90. The normalized spacial score (nSPS) is 5.80. The maximum Gasteiger partial charge on any atom is 0.0347 e. The van der Waals surface area contributed by atoms with Gasteiger partial charge in [0.05, 0.1) is 0 Å². The summed E-state index contributed by atoms with van der Waals surface area (Å²) >= 11 is 0.988. The van der Waals surface area contributed by atoms with Crippen LogP contribution in [0.25, 0.3) is 0 Å². The van der Waals surface area contributed by atoms with Crippen LogP contribution < -0.4 is 5.84 Å². The van der Waals surface area contributed by atoms with Gasteiger partial charge in [-0.05, 0) is 6.26 Å². The SMILES string of the molecule is C[SH]=C=NN. The predicted octanol–water partition coefficient (Wildman–Crippen LogP) is -0.139. The first-order valence-corrected chi connectivity index (χ1v) is 2.49. The quantitative estimate of drug-likeness (QED) is 0.140. The second kappa shape index (κ2) is 3.73. The Kier molecular flexibility index (Phi) is 3.53. The van der Waals surface area contributed by atoms with Gasteiger partial charge in [0.15, 0.2) is 0 Å². The zero-order valence-electron chi connectivity index (χ0n) is 2.97. The summed E-state index contributed by atoms with van der Waals surface area (Å²) in [6, 6.07) is 0. The zero-order valence-corrected chi connectivity index (χ0v) is 3.87. The van der Waals surface area contributed by atoms with Crippen LogP contribution in [0.15, 0.2) is 5.10 Å². The molecule has 0 aromatic rings. The minimum absolute atomic E-state index is 0.988. The van der Waals surface area contributed by atoms with Gasteiger partial charge in [-0.25, -0.2) is 0 Å². The molecular formula is C2H6N2S. The molecule has 2 nitrogen and oxygen atoms in total. The van der Waals surface area contributed by atoms with Crippen LogP contribution in [0.1, 0.15) is 0 Å². The molecule has 0 aliphatic carbocycles. The molecule has 30 valence electrons. The van der Waals surface area contributed by atoms with Gasteiger partial charge in [-0.15, -0.1) is 16.5 Å². The van der Waals surface area contributed by atoms with E-state index in [9.17, 15) is 0 Å². The van der Waals surface area contributed by atoms with Gasteiger partial charge in [0.25, 0.3) is 0 Å². The van der Waals surface area contributed by atoms with Gasteiger partial charge in [0.1, 0.15) is 0 Å². The first-order valence-electron chi connectivity index (χ1n) is 1.15. The summed E-state index contributed by atoms with van der Waals surface area (Å²) in [5.41, 5.74) is 0. The lowest BCUT2D eigenvalue weighted by Crippen LogP contribution is -1.71. The first-order chi connectivity index (χ1) is 2.41. The molecule has 0 spiro atoms. The first kappa shape index (κ1) is 4.73. The van der Waals surface area contributed by atoms with Gasteiger partial charge in [0, 0.05) is 5.16 Å². The van der Waals surface area contributed by atoms with E-state index in [0.717, 1.165) is 11.4 Å². The molecule has 0 aliphatic heterocycles. The molecule has 0 bridgehead atoms. The van der Waals surface area contributed by atoms with Crippen molar-refractivity contribution in [2.75, 3.05) is 6.26 Å². The standard InChI is InChI=1S/C2H6N2S/c1-5-2-4-3/h5H,3H2,1H3. The molecule has 5 heavy (non-hydrogen) atoms. The molecule has 0 rings (SSSR count). The van der Waals surface area contributed by atoms with Crippen LogP contribution in [0, 0.1) is 0 Å². The van der Waals surface area contributed by atoms with Crippen molar-refractivity contribution >= 4 is 16.5 Å². The van der Waals surface area contributed by atoms with Crippen molar-refractivity contribution in [1.82, 2.24) is 0 Å². The molecule has 0 amide bonds.